The van der Waals surface area contributed by atoms with Gasteiger partial charge in [-0.05, 0) is 38.0 Å². The lowest BCUT2D eigenvalue weighted by Crippen LogP contribution is -2.32. The van der Waals surface area contributed by atoms with Gasteiger partial charge in [-0.15, -0.1) is 0 Å². The van der Waals surface area contributed by atoms with Crippen molar-refractivity contribution >= 4 is 38.6 Å². The van der Waals surface area contributed by atoms with Gasteiger partial charge in [-0.1, -0.05) is 11.3 Å². The van der Waals surface area contributed by atoms with Gasteiger partial charge in [-0.3, -0.25) is 9.59 Å². The van der Waals surface area contributed by atoms with Gasteiger partial charge in [0, 0.05) is 18.0 Å². The lowest BCUT2D eigenvalue weighted by molar-refractivity contribution is -0.137. The number of benzene rings is 1. The maximum atomic E-state index is 12.1. The Morgan fingerprint density at radius 2 is 2.24 bits per heavy atom. The monoisotopic (exact) mass is 307 g/mol. The zero-order chi connectivity index (χ0) is 15.4. The third kappa shape index (κ3) is 4.16. The number of fused-ring (bicyclic) bond motifs is 1. The van der Waals surface area contributed by atoms with E-state index in [2.05, 4.69) is 10.3 Å². The topological polar surface area (TPSA) is 105 Å². The number of anilines is 1. The van der Waals surface area contributed by atoms with Crippen LogP contribution in [0.4, 0.5) is 5.13 Å². The van der Waals surface area contributed by atoms with Crippen molar-refractivity contribution in [2.24, 2.45) is 0 Å². The van der Waals surface area contributed by atoms with Crippen molar-refractivity contribution in [2.45, 2.75) is 32.2 Å². The Hall–Kier alpha value is -2.15. The Morgan fingerprint density at radius 1 is 1.48 bits per heavy atom. The van der Waals surface area contributed by atoms with Gasteiger partial charge >= 0.3 is 5.97 Å². The third-order valence-electron chi connectivity index (χ3n) is 3.07. The number of thiazole rings is 1. The Bertz CT molecular complexity index is 669. The van der Waals surface area contributed by atoms with Crippen LogP contribution in [0.15, 0.2) is 18.2 Å². The lowest BCUT2D eigenvalue weighted by Gasteiger charge is -2.13. The number of carboxylic acid groups (broad SMARTS) is 1. The molecule has 21 heavy (non-hydrogen) atoms. The van der Waals surface area contributed by atoms with E-state index in [9.17, 15) is 9.59 Å². The van der Waals surface area contributed by atoms with Crippen LogP contribution in [0.25, 0.3) is 10.2 Å². The summed E-state index contributed by atoms with van der Waals surface area (Å²) in [5, 5.41) is 11.9. The number of aliphatic carboxylic acids is 1. The first-order chi connectivity index (χ1) is 9.95. The van der Waals surface area contributed by atoms with Crippen molar-refractivity contribution in [3.63, 3.8) is 0 Å². The number of carbonyl (C=O) groups excluding carboxylic acids is 1. The molecule has 2 aromatic rings. The summed E-state index contributed by atoms with van der Waals surface area (Å²) in [5.41, 5.74) is 6.97. The number of rotatable bonds is 6. The van der Waals surface area contributed by atoms with Crippen molar-refractivity contribution in [3.05, 3.63) is 23.8 Å². The molecular weight excluding hydrogens is 290 g/mol. The predicted molar refractivity (Wildman–Crippen MR) is 82.4 cm³/mol. The highest BCUT2D eigenvalue weighted by Crippen LogP contribution is 2.24. The Balaban J connectivity index is 1.96. The highest BCUT2D eigenvalue weighted by atomic mass is 32.1. The molecule has 0 saturated heterocycles. The van der Waals surface area contributed by atoms with Gasteiger partial charge in [0.1, 0.15) is 0 Å². The highest BCUT2D eigenvalue weighted by Gasteiger charge is 2.12. The van der Waals surface area contributed by atoms with Crippen LogP contribution in [0.1, 0.15) is 36.5 Å². The van der Waals surface area contributed by atoms with Crippen molar-refractivity contribution < 1.29 is 14.7 Å². The number of aromatic nitrogens is 1. The van der Waals surface area contributed by atoms with Gasteiger partial charge in [0.25, 0.3) is 5.91 Å². The first kappa shape index (κ1) is 15.2. The number of nitrogen functional groups attached to an aromatic ring is 1. The van der Waals surface area contributed by atoms with E-state index in [1.807, 2.05) is 6.92 Å². The number of nitrogens with zero attached hydrogens (tertiary/aromatic N) is 1. The average Bonchev–Trinajstić information content (AvgIpc) is 2.76. The van der Waals surface area contributed by atoms with Crippen LogP contribution >= 0.6 is 11.3 Å². The van der Waals surface area contributed by atoms with Gasteiger partial charge < -0.3 is 16.2 Å². The fourth-order valence-electron chi connectivity index (χ4n) is 2.02. The Labute approximate surface area is 126 Å². The summed E-state index contributed by atoms with van der Waals surface area (Å²) in [6.07, 6.45) is 1.29. The quantitative estimate of drug-likeness (QED) is 0.759. The largest absolute Gasteiger partial charge is 0.481 e. The highest BCUT2D eigenvalue weighted by molar-refractivity contribution is 7.22. The van der Waals surface area contributed by atoms with Crippen LogP contribution < -0.4 is 11.1 Å². The van der Waals surface area contributed by atoms with Crippen LogP contribution in [0.3, 0.4) is 0 Å². The first-order valence-corrected chi connectivity index (χ1v) is 7.46. The second-order valence-electron chi connectivity index (χ2n) is 4.90. The SMILES string of the molecule is CC(CCCC(=O)O)NC(=O)c1ccc2nc(N)sc2c1. The van der Waals surface area contributed by atoms with Gasteiger partial charge in [-0.2, -0.15) is 0 Å². The molecule has 0 fully saturated rings. The molecule has 0 bridgehead atoms. The Morgan fingerprint density at radius 3 is 2.95 bits per heavy atom. The standard InChI is InChI=1S/C14H17N3O3S/c1-8(3-2-4-12(18)19)16-13(20)9-5-6-10-11(7-9)21-14(15)17-10/h5-8H,2-4H2,1H3,(H2,15,17)(H,16,20)(H,18,19). The van der Waals surface area contributed by atoms with E-state index in [-0.39, 0.29) is 18.4 Å². The number of nitrogens with one attached hydrogen (secondary N) is 1. The molecule has 1 heterocycles. The summed E-state index contributed by atoms with van der Waals surface area (Å²) in [4.78, 5) is 26.7. The van der Waals surface area contributed by atoms with Gasteiger partial charge in [-0.25, -0.2) is 4.98 Å². The molecule has 1 unspecified atom stereocenters. The zero-order valence-corrected chi connectivity index (χ0v) is 12.4. The maximum absolute atomic E-state index is 12.1. The van der Waals surface area contributed by atoms with Crippen LogP contribution in [-0.2, 0) is 4.79 Å². The van der Waals surface area contributed by atoms with E-state index < -0.39 is 5.97 Å². The molecule has 0 radical (unpaired) electrons. The van der Waals surface area contributed by atoms with E-state index in [0.717, 1.165) is 10.2 Å². The van der Waals surface area contributed by atoms with E-state index in [1.54, 1.807) is 18.2 Å². The zero-order valence-electron chi connectivity index (χ0n) is 11.6. The average molecular weight is 307 g/mol. The van der Waals surface area contributed by atoms with E-state index in [4.69, 9.17) is 10.8 Å². The van der Waals surface area contributed by atoms with Gasteiger partial charge in [0.2, 0.25) is 0 Å². The molecule has 6 nitrogen and oxygen atoms in total. The molecule has 0 saturated carbocycles. The summed E-state index contributed by atoms with van der Waals surface area (Å²) in [7, 11) is 0. The molecule has 2 rings (SSSR count). The van der Waals surface area contributed by atoms with Crippen molar-refractivity contribution in [1.82, 2.24) is 10.3 Å². The van der Waals surface area contributed by atoms with Crippen molar-refractivity contribution in [3.8, 4) is 0 Å². The van der Waals surface area contributed by atoms with E-state index in [0.29, 0.717) is 23.5 Å². The Kier molecular flexibility index (Phi) is 4.74. The van der Waals surface area contributed by atoms with Gasteiger partial charge in [0.05, 0.1) is 10.2 Å². The van der Waals surface area contributed by atoms with Crippen LogP contribution in [-0.4, -0.2) is 28.0 Å². The maximum Gasteiger partial charge on any atom is 0.303 e. The summed E-state index contributed by atoms with van der Waals surface area (Å²) in [5.74, 6) is -0.992. The number of hydrogen-bond donors (Lipinski definition) is 3. The molecule has 1 amide bonds. The molecule has 0 aliphatic rings. The normalized spacial score (nSPS) is 12.2. The first-order valence-electron chi connectivity index (χ1n) is 6.64. The summed E-state index contributed by atoms with van der Waals surface area (Å²) >= 11 is 1.34. The fraction of sp³-hybridized carbons (Fsp3) is 0.357. The molecule has 4 N–H and O–H groups in total. The van der Waals surface area contributed by atoms with E-state index >= 15 is 0 Å². The van der Waals surface area contributed by atoms with E-state index in [1.165, 1.54) is 11.3 Å². The molecule has 0 aliphatic heterocycles. The molecule has 1 aromatic carbocycles. The smallest absolute Gasteiger partial charge is 0.303 e. The third-order valence-corrected chi connectivity index (χ3v) is 3.92. The summed E-state index contributed by atoms with van der Waals surface area (Å²) in [6, 6.07) is 5.18. The minimum absolute atomic E-state index is 0.0703. The number of carbonyl (C=O) groups is 2. The number of hydrogen-bond acceptors (Lipinski definition) is 5. The van der Waals surface area contributed by atoms with Crippen molar-refractivity contribution in [2.75, 3.05) is 5.73 Å². The summed E-state index contributed by atoms with van der Waals surface area (Å²) in [6.45, 7) is 1.86. The van der Waals surface area contributed by atoms with Crippen LogP contribution in [0.5, 0.6) is 0 Å². The molecular formula is C14H17N3O3S. The molecule has 1 aromatic heterocycles. The number of nitrogens with two attached hydrogens (primary N) is 1. The van der Waals surface area contributed by atoms with Crippen LogP contribution in [0.2, 0.25) is 0 Å². The lowest BCUT2D eigenvalue weighted by atomic mass is 10.1. The second-order valence-corrected chi connectivity index (χ2v) is 5.96. The number of amides is 1. The molecule has 0 spiro atoms. The fourth-order valence-corrected chi connectivity index (χ4v) is 2.80. The van der Waals surface area contributed by atoms with Gasteiger partial charge in [0.15, 0.2) is 5.13 Å². The molecule has 0 aliphatic carbocycles. The second kappa shape index (κ2) is 6.53. The summed E-state index contributed by atoms with van der Waals surface area (Å²) < 4.78 is 0.874. The van der Waals surface area contributed by atoms with Crippen LogP contribution in [0, 0.1) is 0 Å². The molecule has 7 heteroatoms. The molecule has 1 atom stereocenters. The molecule has 112 valence electrons. The van der Waals surface area contributed by atoms with Crippen molar-refractivity contribution in [1.29, 1.82) is 0 Å². The minimum Gasteiger partial charge on any atom is -0.481 e. The number of carboxylic acids is 1. The minimum atomic E-state index is -0.818. The predicted octanol–water partition coefficient (Wildman–Crippen LogP) is 2.25.